The average molecular weight is 425 g/mol. The van der Waals surface area contributed by atoms with Gasteiger partial charge < -0.3 is 24.8 Å². The third kappa shape index (κ3) is 5.73. The Hall–Kier alpha value is -2.04. The zero-order valence-corrected chi connectivity index (χ0v) is 17.7. The molecule has 152 valence electrons. The van der Waals surface area contributed by atoms with E-state index in [1.54, 1.807) is 32.4 Å². The van der Waals surface area contributed by atoms with Gasteiger partial charge in [0.05, 0.1) is 25.6 Å². The SMILES string of the molecule is COc1cc(NC(=O)[C@H](C)Sc2nnc(NC[C@@H]3CCCO3)s2)cc(OC)c1. The van der Waals surface area contributed by atoms with Crippen LogP contribution < -0.4 is 20.1 Å². The van der Waals surface area contributed by atoms with E-state index in [0.29, 0.717) is 17.2 Å². The van der Waals surface area contributed by atoms with Crippen molar-refractivity contribution in [1.82, 2.24) is 10.2 Å². The van der Waals surface area contributed by atoms with E-state index < -0.39 is 0 Å². The van der Waals surface area contributed by atoms with Crippen LogP contribution in [0.4, 0.5) is 10.8 Å². The van der Waals surface area contributed by atoms with Crippen LogP contribution in [0.15, 0.2) is 22.5 Å². The predicted molar refractivity (Wildman–Crippen MR) is 111 cm³/mol. The molecule has 28 heavy (non-hydrogen) atoms. The van der Waals surface area contributed by atoms with Crippen molar-refractivity contribution >= 4 is 39.8 Å². The van der Waals surface area contributed by atoms with E-state index in [1.807, 2.05) is 6.92 Å². The highest BCUT2D eigenvalue weighted by atomic mass is 32.2. The van der Waals surface area contributed by atoms with Gasteiger partial charge in [0, 0.05) is 37.0 Å². The Kier molecular flexibility index (Phi) is 7.35. The van der Waals surface area contributed by atoms with Crippen molar-refractivity contribution < 1.29 is 19.0 Å². The molecular formula is C18H24N4O4S2. The second kappa shape index (κ2) is 9.94. The van der Waals surface area contributed by atoms with Crippen LogP contribution in [0, 0.1) is 0 Å². The largest absolute Gasteiger partial charge is 0.497 e. The van der Waals surface area contributed by atoms with E-state index in [1.165, 1.54) is 23.1 Å². The van der Waals surface area contributed by atoms with Crippen molar-refractivity contribution in [3.63, 3.8) is 0 Å². The molecule has 1 amide bonds. The minimum Gasteiger partial charge on any atom is -0.497 e. The Morgan fingerprint density at radius 2 is 2.07 bits per heavy atom. The van der Waals surface area contributed by atoms with E-state index >= 15 is 0 Å². The van der Waals surface area contributed by atoms with E-state index in [4.69, 9.17) is 14.2 Å². The summed E-state index contributed by atoms with van der Waals surface area (Å²) < 4.78 is 16.8. The zero-order chi connectivity index (χ0) is 19.9. The van der Waals surface area contributed by atoms with Gasteiger partial charge in [-0.25, -0.2) is 0 Å². The van der Waals surface area contributed by atoms with E-state index in [0.717, 1.165) is 35.5 Å². The van der Waals surface area contributed by atoms with Crippen molar-refractivity contribution in [2.24, 2.45) is 0 Å². The average Bonchev–Trinajstić information content (AvgIpc) is 3.37. The molecule has 0 spiro atoms. The summed E-state index contributed by atoms with van der Waals surface area (Å²) in [6.07, 6.45) is 2.42. The number of anilines is 2. The van der Waals surface area contributed by atoms with Gasteiger partial charge in [-0.3, -0.25) is 4.79 Å². The first kappa shape index (κ1) is 20.7. The van der Waals surface area contributed by atoms with Crippen LogP contribution in [0.25, 0.3) is 0 Å². The molecule has 2 atom stereocenters. The summed E-state index contributed by atoms with van der Waals surface area (Å²) in [6, 6.07) is 5.24. The number of hydrogen-bond acceptors (Lipinski definition) is 9. The van der Waals surface area contributed by atoms with Gasteiger partial charge in [0.25, 0.3) is 0 Å². The van der Waals surface area contributed by atoms with Crippen LogP contribution in [-0.4, -0.2) is 54.8 Å². The van der Waals surface area contributed by atoms with Crippen molar-refractivity contribution in [2.75, 3.05) is 38.0 Å². The van der Waals surface area contributed by atoms with Gasteiger partial charge in [0.2, 0.25) is 11.0 Å². The summed E-state index contributed by atoms with van der Waals surface area (Å²) in [6.45, 7) is 3.39. The molecule has 0 aliphatic carbocycles. The van der Waals surface area contributed by atoms with Crippen LogP contribution in [0.1, 0.15) is 19.8 Å². The standard InChI is InChI=1S/C18H24N4O4S2/c1-11(16(23)20-12-7-14(24-2)9-15(8-12)25-3)27-18-22-21-17(28-18)19-10-13-5-4-6-26-13/h7-9,11,13H,4-6,10H2,1-3H3,(H,19,21)(H,20,23)/t11-,13-/m0/s1. The first-order valence-corrected chi connectivity index (χ1v) is 10.7. The minimum absolute atomic E-state index is 0.135. The van der Waals surface area contributed by atoms with E-state index in [9.17, 15) is 4.79 Å². The third-order valence-electron chi connectivity index (χ3n) is 4.18. The lowest BCUT2D eigenvalue weighted by molar-refractivity contribution is -0.115. The molecule has 1 aromatic carbocycles. The first-order valence-electron chi connectivity index (χ1n) is 8.97. The highest BCUT2D eigenvalue weighted by molar-refractivity contribution is 8.02. The van der Waals surface area contributed by atoms with E-state index in [2.05, 4.69) is 20.8 Å². The molecule has 2 N–H and O–H groups in total. The van der Waals surface area contributed by atoms with Crippen molar-refractivity contribution in [3.8, 4) is 11.5 Å². The summed E-state index contributed by atoms with van der Waals surface area (Å²) in [5.74, 6) is 1.09. The summed E-state index contributed by atoms with van der Waals surface area (Å²) in [5, 5.41) is 14.8. The Morgan fingerprint density at radius 1 is 1.32 bits per heavy atom. The smallest absolute Gasteiger partial charge is 0.237 e. The Bertz CT molecular complexity index is 773. The lowest BCUT2D eigenvalue weighted by atomic mass is 10.2. The van der Waals surface area contributed by atoms with Gasteiger partial charge in [-0.15, -0.1) is 10.2 Å². The molecule has 1 saturated heterocycles. The van der Waals surface area contributed by atoms with Gasteiger partial charge in [-0.05, 0) is 19.8 Å². The number of hydrogen-bond donors (Lipinski definition) is 2. The minimum atomic E-state index is -0.337. The van der Waals surface area contributed by atoms with Gasteiger partial charge in [0.1, 0.15) is 11.5 Å². The van der Waals surface area contributed by atoms with Crippen molar-refractivity contribution in [3.05, 3.63) is 18.2 Å². The number of methoxy groups -OCH3 is 2. The Morgan fingerprint density at radius 3 is 2.71 bits per heavy atom. The highest BCUT2D eigenvalue weighted by Gasteiger charge is 2.19. The maximum Gasteiger partial charge on any atom is 0.237 e. The number of nitrogens with one attached hydrogen (secondary N) is 2. The summed E-state index contributed by atoms with van der Waals surface area (Å²) in [7, 11) is 3.14. The quantitative estimate of drug-likeness (QED) is 0.593. The molecule has 1 aliphatic heterocycles. The fourth-order valence-electron chi connectivity index (χ4n) is 2.66. The second-order valence-electron chi connectivity index (χ2n) is 6.24. The fraction of sp³-hybridized carbons (Fsp3) is 0.500. The van der Waals surface area contributed by atoms with Crippen molar-refractivity contribution in [1.29, 1.82) is 0 Å². The molecule has 10 heteroatoms. The number of aromatic nitrogens is 2. The molecule has 1 aliphatic rings. The molecule has 1 aromatic heterocycles. The number of carbonyl (C=O) groups excluding carboxylic acids is 1. The third-order valence-corrected chi connectivity index (χ3v) is 6.24. The number of nitrogens with zero attached hydrogens (tertiary/aromatic N) is 2. The highest BCUT2D eigenvalue weighted by Crippen LogP contribution is 2.31. The fourth-order valence-corrected chi connectivity index (χ4v) is 4.57. The summed E-state index contributed by atoms with van der Waals surface area (Å²) in [4.78, 5) is 12.5. The molecule has 2 heterocycles. The number of ether oxygens (including phenoxy) is 3. The number of carbonyl (C=O) groups is 1. The Labute approximate surface area is 172 Å². The number of thioether (sulfide) groups is 1. The molecule has 0 saturated carbocycles. The predicted octanol–water partition coefficient (Wildman–Crippen LogP) is 3.27. The zero-order valence-electron chi connectivity index (χ0n) is 16.1. The number of rotatable bonds is 9. The topological polar surface area (TPSA) is 94.6 Å². The molecule has 0 radical (unpaired) electrons. The van der Waals surface area contributed by atoms with Crippen LogP contribution >= 0.6 is 23.1 Å². The molecule has 0 bridgehead atoms. The van der Waals surface area contributed by atoms with Gasteiger partial charge >= 0.3 is 0 Å². The summed E-state index contributed by atoms with van der Waals surface area (Å²) >= 11 is 2.80. The maximum atomic E-state index is 12.5. The molecule has 1 fully saturated rings. The van der Waals surface area contributed by atoms with Crippen molar-refractivity contribution in [2.45, 2.75) is 35.5 Å². The van der Waals surface area contributed by atoms with Crippen LogP contribution in [0.2, 0.25) is 0 Å². The van der Waals surface area contributed by atoms with Gasteiger partial charge in [0.15, 0.2) is 4.34 Å². The molecule has 8 nitrogen and oxygen atoms in total. The maximum absolute atomic E-state index is 12.5. The normalized spacial score (nSPS) is 17.2. The number of amides is 1. The number of benzene rings is 1. The van der Waals surface area contributed by atoms with Crippen LogP contribution in [-0.2, 0) is 9.53 Å². The van der Waals surface area contributed by atoms with Crippen LogP contribution in [0.5, 0.6) is 11.5 Å². The molecular weight excluding hydrogens is 400 g/mol. The molecule has 2 aromatic rings. The van der Waals surface area contributed by atoms with Gasteiger partial charge in [-0.2, -0.15) is 0 Å². The molecule has 3 rings (SSSR count). The molecule has 0 unspecified atom stereocenters. The lowest BCUT2D eigenvalue weighted by Crippen LogP contribution is -2.22. The van der Waals surface area contributed by atoms with E-state index in [-0.39, 0.29) is 17.3 Å². The lowest BCUT2D eigenvalue weighted by Gasteiger charge is -2.12. The monoisotopic (exact) mass is 424 g/mol. The second-order valence-corrected chi connectivity index (χ2v) is 8.81. The van der Waals surface area contributed by atoms with Crippen LogP contribution in [0.3, 0.4) is 0 Å². The summed E-state index contributed by atoms with van der Waals surface area (Å²) in [5.41, 5.74) is 0.616. The Balaban J connectivity index is 1.52. The first-order chi connectivity index (χ1) is 13.6. The van der Waals surface area contributed by atoms with Gasteiger partial charge in [-0.1, -0.05) is 23.1 Å².